The lowest BCUT2D eigenvalue weighted by Crippen LogP contribution is -2.02. The van der Waals surface area contributed by atoms with Crippen LogP contribution < -0.4 is 0 Å². The van der Waals surface area contributed by atoms with Crippen LogP contribution in [0.5, 0.6) is 0 Å². The highest BCUT2D eigenvalue weighted by Crippen LogP contribution is 2.29. The molecule has 152 valence electrons. The van der Waals surface area contributed by atoms with E-state index in [1.54, 1.807) is 6.26 Å². The fourth-order valence-corrected chi connectivity index (χ4v) is 3.89. The molecule has 1 N–H and O–H groups in total. The molecule has 0 amide bonds. The van der Waals surface area contributed by atoms with Crippen LogP contribution in [-0.4, -0.2) is 19.7 Å². The Morgan fingerprint density at radius 2 is 1.90 bits per heavy atom. The molecule has 0 aliphatic carbocycles. The van der Waals surface area contributed by atoms with E-state index in [2.05, 4.69) is 30.1 Å². The Kier molecular flexibility index (Phi) is 4.64. The minimum absolute atomic E-state index is 0.679. The van der Waals surface area contributed by atoms with Gasteiger partial charge in [0.2, 0.25) is 0 Å². The number of rotatable bonds is 5. The lowest BCUT2D eigenvalue weighted by Gasteiger charge is -2.09. The number of furan rings is 1. The summed E-state index contributed by atoms with van der Waals surface area (Å²) in [6, 6.07) is 19.8. The maximum absolute atomic E-state index is 8.94. The molecule has 6 nitrogen and oxygen atoms in total. The van der Waals surface area contributed by atoms with Crippen LogP contribution in [0.4, 0.5) is 0 Å². The molecule has 0 unspecified atom stereocenters. The number of aromatic amines is 1. The van der Waals surface area contributed by atoms with E-state index in [0.29, 0.717) is 5.56 Å². The highest BCUT2D eigenvalue weighted by atomic mass is 16.3. The summed E-state index contributed by atoms with van der Waals surface area (Å²) in [6.07, 6.45) is 3.33. The highest BCUT2D eigenvalue weighted by molar-refractivity contribution is 5.82. The van der Waals surface area contributed by atoms with Crippen molar-refractivity contribution in [3.8, 4) is 23.2 Å². The van der Waals surface area contributed by atoms with Crippen molar-refractivity contribution in [1.82, 2.24) is 19.7 Å². The maximum atomic E-state index is 8.94. The zero-order valence-electron chi connectivity index (χ0n) is 17.4. The molecule has 0 bridgehead atoms. The van der Waals surface area contributed by atoms with E-state index in [4.69, 9.17) is 19.8 Å². The first-order valence-electron chi connectivity index (χ1n) is 10.2. The summed E-state index contributed by atoms with van der Waals surface area (Å²) in [5.74, 6) is 1.73. The summed E-state index contributed by atoms with van der Waals surface area (Å²) in [6.45, 7) is 4.05. The van der Waals surface area contributed by atoms with E-state index in [0.717, 1.165) is 58.1 Å². The van der Waals surface area contributed by atoms with Gasteiger partial charge in [-0.05, 0) is 68.3 Å². The highest BCUT2D eigenvalue weighted by Gasteiger charge is 2.16. The lowest BCUT2D eigenvalue weighted by atomic mass is 10.1. The van der Waals surface area contributed by atoms with Crippen molar-refractivity contribution in [3.63, 3.8) is 0 Å². The zero-order valence-corrected chi connectivity index (χ0v) is 17.4. The van der Waals surface area contributed by atoms with Gasteiger partial charge in [0.25, 0.3) is 0 Å². The largest absolute Gasteiger partial charge is 0.463 e. The summed E-state index contributed by atoms with van der Waals surface area (Å²) in [5.41, 5.74) is 7.72. The van der Waals surface area contributed by atoms with Gasteiger partial charge in [-0.1, -0.05) is 12.1 Å². The van der Waals surface area contributed by atoms with Crippen LogP contribution in [0.2, 0.25) is 0 Å². The summed E-state index contributed by atoms with van der Waals surface area (Å²) in [5, 5.41) is 13.6. The fourth-order valence-electron chi connectivity index (χ4n) is 3.89. The molecule has 3 heterocycles. The number of nitriles is 1. The number of imidazole rings is 1. The first-order valence-corrected chi connectivity index (χ1v) is 10.2. The van der Waals surface area contributed by atoms with E-state index in [1.807, 2.05) is 54.1 Å². The third kappa shape index (κ3) is 3.51. The van der Waals surface area contributed by atoms with Gasteiger partial charge in [-0.15, -0.1) is 0 Å². The second kappa shape index (κ2) is 7.62. The quantitative estimate of drug-likeness (QED) is 0.429. The van der Waals surface area contributed by atoms with Gasteiger partial charge in [0.15, 0.2) is 5.76 Å². The Morgan fingerprint density at radius 3 is 2.65 bits per heavy atom. The van der Waals surface area contributed by atoms with Crippen molar-refractivity contribution in [2.75, 3.05) is 0 Å². The first kappa shape index (κ1) is 18.9. The summed E-state index contributed by atoms with van der Waals surface area (Å²) < 4.78 is 7.54. The monoisotopic (exact) mass is 407 g/mol. The second-order valence-corrected chi connectivity index (χ2v) is 7.66. The van der Waals surface area contributed by atoms with Crippen LogP contribution in [0.3, 0.4) is 0 Å². The Morgan fingerprint density at radius 1 is 1.06 bits per heavy atom. The number of hydrogen-bond donors (Lipinski definition) is 1. The van der Waals surface area contributed by atoms with Crippen LogP contribution >= 0.6 is 0 Å². The standard InChI is InChI=1S/C25H21N5O/c1-16-14-22(23-4-3-13-31-23)30(29-16)21-11-10-20-25(17(21)2)28-24(27-20)12-9-18-5-7-19(15-26)8-6-18/h3-8,10-11,13-14H,9,12H2,1-2H3,(H,27,28). The number of nitrogens with one attached hydrogen (secondary N) is 1. The summed E-state index contributed by atoms with van der Waals surface area (Å²) >= 11 is 0. The number of fused-ring (bicyclic) bond motifs is 1. The summed E-state index contributed by atoms with van der Waals surface area (Å²) in [4.78, 5) is 8.32. The number of hydrogen-bond acceptors (Lipinski definition) is 4. The molecule has 31 heavy (non-hydrogen) atoms. The molecule has 0 radical (unpaired) electrons. The minimum Gasteiger partial charge on any atom is -0.463 e. The third-order valence-corrected chi connectivity index (χ3v) is 5.49. The molecule has 0 fully saturated rings. The Bertz CT molecular complexity index is 1400. The van der Waals surface area contributed by atoms with Gasteiger partial charge in [0, 0.05) is 12.0 Å². The molecule has 0 saturated carbocycles. The Hall–Kier alpha value is -4.11. The number of H-pyrrole nitrogens is 1. The van der Waals surface area contributed by atoms with Crippen LogP contribution in [0.25, 0.3) is 28.2 Å². The van der Waals surface area contributed by atoms with E-state index in [-0.39, 0.29) is 0 Å². The van der Waals surface area contributed by atoms with Gasteiger partial charge in [0.05, 0.1) is 40.3 Å². The number of aryl methyl sites for hydroxylation is 4. The van der Waals surface area contributed by atoms with E-state index in [1.165, 1.54) is 5.56 Å². The lowest BCUT2D eigenvalue weighted by molar-refractivity contribution is 0.576. The predicted octanol–water partition coefficient (Wildman–Crippen LogP) is 5.28. The normalized spacial score (nSPS) is 11.1. The van der Waals surface area contributed by atoms with Crippen molar-refractivity contribution < 1.29 is 4.42 Å². The number of nitrogens with zero attached hydrogens (tertiary/aromatic N) is 4. The predicted molar refractivity (Wildman–Crippen MR) is 119 cm³/mol. The molecule has 0 saturated heterocycles. The van der Waals surface area contributed by atoms with Crippen LogP contribution in [0.15, 0.2) is 65.3 Å². The molecule has 5 aromatic rings. The second-order valence-electron chi connectivity index (χ2n) is 7.66. The Labute approximate surface area is 179 Å². The van der Waals surface area contributed by atoms with Crippen molar-refractivity contribution in [2.45, 2.75) is 26.7 Å². The van der Waals surface area contributed by atoms with Crippen LogP contribution in [0.1, 0.15) is 28.2 Å². The van der Waals surface area contributed by atoms with Crippen molar-refractivity contribution >= 4 is 11.0 Å². The third-order valence-electron chi connectivity index (χ3n) is 5.49. The molecule has 0 atom stereocenters. The molecule has 6 heteroatoms. The van der Waals surface area contributed by atoms with Crippen molar-refractivity contribution in [2.24, 2.45) is 0 Å². The fraction of sp³-hybridized carbons (Fsp3) is 0.160. The number of aromatic nitrogens is 4. The van der Waals surface area contributed by atoms with Gasteiger partial charge >= 0.3 is 0 Å². The van der Waals surface area contributed by atoms with Crippen molar-refractivity contribution in [1.29, 1.82) is 5.26 Å². The minimum atomic E-state index is 0.679. The first-order chi connectivity index (χ1) is 15.1. The maximum Gasteiger partial charge on any atom is 0.152 e. The molecule has 0 aliphatic rings. The molecule has 2 aromatic carbocycles. The van der Waals surface area contributed by atoms with Crippen molar-refractivity contribution in [3.05, 3.63) is 89.1 Å². The smallest absolute Gasteiger partial charge is 0.152 e. The average molecular weight is 407 g/mol. The molecule has 0 aliphatic heterocycles. The molecule has 0 spiro atoms. The molecule has 3 aromatic heterocycles. The topological polar surface area (TPSA) is 83.4 Å². The van der Waals surface area contributed by atoms with Gasteiger partial charge in [0.1, 0.15) is 11.5 Å². The number of benzene rings is 2. The van der Waals surface area contributed by atoms with Crippen LogP contribution in [-0.2, 0) is 12.8 Å². The van der Waals surface area contributed by atoms with Gasteiger partial charge in [-0.3, -0.25) is 0 Å². The van der Waals surface area contributed by atoms with E-state index in [9.17, 15) is 0 Å². The van der Waals surface area contributed by atoms with Crippen LogP contribution in [0, 0.1) is 25.2 Å². The van der Waals surface area contributed by atoms with E-state index >= 15 is 0 Å². The van der Waals surface area contributed by atoms with Gasteiger partial charge in [-0.25, -0.2) is 9.67 Å². The SMILES string of the molecule is Cc1cc(-c2ccco2)n(-c2ccc3[nH]c(CCc4ccc(C#N)cc4)nc3c2C)n1. The van der Waals surface area contributed by atoms with Gasteiger partial charge in [-0.2, -0.15) is 10.4 Å². The zero-order chi connectivity index (χ0) is 21.4. The van der Waals surface area contributed by atoms with E-state index < -0.39 is 0 Å². The summed E-state index contributed by atoms with van der Waals surface area (Å²) in [7, 11) is 0. The molecular weight excluding hydrogens is 386 g/mol. The Balaban J connectivity index is 1.46. The van der Waals surface area contributed by atoms with Gasteiger partial charge < -0.3 is 9.40 Å². The molecular formula is C25H21N5O. The average Bonchev–Trinajstić information content (AvgIpc) is 3.52. The molecule has 5 rings (SSSR count).